The maximum atomic E-state index is 10.8. The minimum Gasteiger partial charge on any atom is -0.504 e. The fourth-order valence-electron chi connectivity index (χ4n) is 0.949. The monoisotopic (exact) mass is 212 g/mol. The van der Waals surface area contributed by atoms with E-state index in [0.717, 1.165) is 0 Å². The molecular formula is C10H12O5. The second kappa shape index (κ2) is 5.09. The number of hydrogen-bond donors (Lipinski definition) is 1. The van der Waals surface area contributed by atoms with Gasteiger partial charge in [-0.05, 0) is 12.1 Å². The van der Waals surface area contributed by atoms with Crippen LogP contribution in [0.2, 0.25) is 0 Å². The van der Waals surface area contributed by atoms with E-state index >= 15 is 0 Å². The second-order valence-electron chi connectivity index (χ2n) is 2.70. The summed E-state index contributed by atoms with van der Waals surface area (Å²) in [7, 11) is 2.71. The molecule has 0 saturated carbocycles. The van der Waals surface area contributed by atoms with Crippen LogP contribution in [0.3, 0.4) is 0 Å². The summed E-state index contributed by atoms with van der Waals surface area (Å²) in [6, 6.07) is 4.44. The number of methoxy groups -OCH3 is 2. The van der Waals surface area contributed by atoms with Gasteiger partial charge in [0.15, 0.2) is 18.1 Å². The Morgan fingerprint density at radius 3 is 2.73 bits per heavy atom. The summed E-state index contributed by atoms with van der Waals surface area (Å²) in [5, 5.41) is 9.29. The predicted molar refractivity (Wildman–Crippen MR) is 52.2 cm³/mol. The van der Waals surface area contributed by atoms with Crippen LogP contribution in [0.1, 0.15) is 0 Å². The van der Waals surface area contributed by atoms with Gasteiger partial charge >= 0.3 is 5.97 Å². The summed E-state index contributed by atoms with van der Waals surface area (Å²) in [4.78, 5) is 10.8. The molecule has 0 amide bonds. The molecule has 0 atom stereocenters. The Hall–Kier alpha value is -1.91. The van der Waals surface area contributed by atoms with Crippen LogP contribution in [-0.4, -0.2) is 31.9 Å². The van der Waals surface area contributed by atoms with Crippen molar-refractivity contribution in [2.24, 2.45) is 0 Å². The van der Waals surface area contributed by atoms with E-state index in [1.165, 1.54) is 32.4 Å². The molecule has 0 heterocycles. The average Bonchev–Trinajstić information content (AvgIpc) is 2.27. The van der Waals surface area contributed by atoms with Crippen LogP contribution in [0.25, 0.3) is 0 Å². The number of benzene rings is 1. The standard InChI is InChI=1S/C10H12O5/c1-13-9-5-7(3-4-8(9)11)15-6-10(12)14-2/h3-5,11H,6H2,1-2H3. The summed E-state index contributed by atoms with van der Waals surface area (Å²) < 4.78 is 14.4. The third-order valence-corrected chi connectivity index (χ3v) is 1.74. The minimum absolute atomic E-state index is 0.0166. The number of ether oxygens (including phenoxy) is 3. The molecule has 1 aromatic rings. The zero-order chi connectivity index (χ0) is 11.3. The molecule has 0 aromatic heterocycles. The van der Waals surface area contributed by atoms with Crippen molar-refractivity contribution in [3.05, 3.63) is 18.2 Å². The van der Waals surface area contributed by atoms with Crippen LogP contribution >= 0.6 is 0 Å². The molecule has 0 spiro atoms. The van der Waals surface area contributed by atoms with Gasteiger partial charge in [-0.3, -0.25) is 0 Å². The van der Waals surface area contributed by atoms with E-state index in [1.54, 1.807) is 0 Å². The van der Waals surface area contributed by atoms with E-state index in [-0.39, 0.29) is 18.1 Å². The molecule has 5 nitrogen and oxygen atoms in total. The van der Waals surface area contributed by atoms with E-state index in [4.69, 9.17) is 9.47 Å². The van der Waals surface area contributed by atoms with Crippen LogP contribution in [0.15, 0.2) is 18.2 Å². The number of aromatic hydroxyl groups is 1. The van der Waals surface area contributed by atoms with Gasteiger partial charge in [0.05, 0.1) is 14.2 Å². The van der Waals surface area contributed by atoms with Crippen molar-refractivity contribution in [1.82, 2.24) is 0 Å². The topological polar surface area (TPSA) is 65.0 Å². The Kier molecular flexibility index (Phi) is 3.79. The molecule has 1 aromatic carbocycles. The molecule has 0 bridgehead atoms. The fraction of sp³-hybridized carbons (Fsp3) is 0.300. The molecule has 0 radical (unpaired) electrons. The van der Waals surface area contributed by atoms with E-state index in [1.807, 2.05) is 0 Å². The highest BCUT2D eigenvalue weighted by Gasteiger charge is 2.05. The van der Waals surface area contributed by atoms with Crippen molar-refractivity contribution < 1.29 is 24.1 Å². The number of carbonyl (C=O) groups excluding carboxylic acids is 1. The summed E-state index contributed by atoms with van der Waals surface area (Å²) in [5.74, 6) is 0.261. The Labute approximate surface area is 87.2 Å². The zero-order valence-corrected chi connectivity index (χ0v) is 8.52. The molecule has 0 unspecified atom stereocenters. The van der Waals surface area contributed by atoms with E-state index in [9.17, 15) is 9.90 Å². The van der Waals surface area contributed by atoms with Crippen molar-refractivity contribution in [3.63, 3.8) is 0 Å². The third-order valence-electron chi connectivity index (χ3n) is 1.74. The molecule has 15 heavy (non-hydrogen) atoms. The molecule has 0 fully saturated rings. The molecule has 1 rings (SSSR count). The third kappa shape index (κ3) is 3.05. The maximum Gasteiger partial charge on any atom is 0.343 e. The highest BCUT2D eigenvalue weighted by molar-refractivity contribution is 5.70. The quantitative estimate of drug-likeness (QED) is 0.753. The molecular weight excluding hydrogens is 200 g/mol. The molecule has 1 N–H and O–H groups in total. The first-order valence-electron chi connectivity index (χ1n) is 4.24. The lowest BCUT2D eigenvalue weighted by molar-refractivity contribution is -0.142. The summed E-state index contributed by atoms with van der Waals surface area (Å²) in [6.45, 7) is -0.176. The number of carbonyl (C=O) groups is 1. The normalized spacial score (nSPS) is 9.47. The Morgan fingerprint density at radius 2 is 2.13 bits per heavy atom. The molecule has 5 heteroatoms. The summed E-state index contributed by atoms with van der Waals surface area (Å²) >= 11 is 0. The van der Waals surface area contributed by atoms with Gasteiger partial charge in [0.25, 0.3) is 0 Å². The van der Waals surface area contributed by atoms with Gasteiger partial charge in [-0.25, -0.2) is 4.79 Å². The number of phenols is 1. The van der Waals surface area contributed by atoms with Crippen LogP contribution in [0.5, 0.6) is 17.2 Å². The first kappa shape index (κ1) is 11.2. The Morgan fingerprint density at radius 1 is 1.40 bits per heavy atom. The molecule has 0 aliphatic heterocycles. The molecule has 0 saturated heterocycles. The SMILES string of the molecule is COC(=O)COc1ccc(O)c(OC)c1. The largest absolute Gasteiger partial charge is 0.504 e. The molecule has 0 aliphatic carbocycles. The molecule has 82 valence electrons. The van der Waals surface area contributed by atoms with Crippen molar-refractivity contribution in [2.75, 3.05) is 20.8 Å². The van der Waals surface area contributed by atoms with Crippen molar-refractivity contribution in [3.8, 4) is 17.2 Å². The van der Waals surface area contributed by atoms with Crippen LogP contribution < -0.4 is 9.47 Å². The molecule has 0 aliphatic rings. The minimum atomic E-state index is -0.470. The number of esters is 1. The van der Waals surface area contributed by atoms with Gasteiger partial charge in [0, 0.05) is 6.07 Å². The maximum absolute atomic E-state index is 10.8. The van der Waals surface area contributed by atoms with E-state index < -0.39 is 5.97 Å². The Balaban J connectivity index is 2.66. The first-order valence-corrected chi connectivity index (χ1v) is 4.24. The number of hydrogen-bond acceptors (Lipinski definition) is 5. The average molecular weight is 212 g/mol. The first-order chi connectivity index (χ1) is 7.17. The van der Waals surface area contributed by atoms with Crippen LogP contribution in [0, 0.1) is 0 Å². The smallest absolute Gasteiger partial charge is 0.343 e. The van der Waals surface area contributed by atoms with Gasteiger partial charge in [0.1, 0.15) is 5.75 Å². The van der Waals surface area contributed by atoms with Crippen molar-refractivity contribution in [2.45, 2.75) is 0 Å². The van der Waals surface area contributed by atoms with E-state index in [0.29, 0.717) is 5.75 Å². The summed E-state index contributed by atoms with van der Waals surface area (Å²) in [5.41, 5.74) is 0. The van der Waals surface area contributed by atoms with Crippen molar-refractivity contribution in [1.29, 1.82) is 0 Å². The summed E-state index contributed by atoms with van der Waals surface area (Å²) in [6.07, 6.45) is 0. The number of phenolic OH excluding ortho intramolecular Hbond substituents is 1. The second-order valence-corrected chi connectivity index (χ2v) is 2.70. The number of rotatable bonds is 4. The lowest BCUT2D eigenvalue weighted by Crippen LogP contribution is -2.12. The predicted octanol–water partition coefficient (Wildman–Crippen LogP) is 0.953. The van der Waals surface area contributed by atoms with Crippen molar-refractivity contribution >= 4 is 5.97 Å². The van der Waals surface area contributed by atoms with Gasteiger partial charge in [-0.1, -0.05) is 0 Å². The lowest BCUT2D eigenvalue weighted by Gasteiger charge is -2.07. The fourth-order valence-corrected chi connectivity index (χ4v) is 0.949. The lowest BCUT2D eigenvalue weighted by atomic mass is 10.3. The zero-order valence-electron chi connectivity index (χ0n) is 8.52. The van der Waals surface area contributed by atoms with Gasteiger partial charge < -0.3 is 19.3 Å². The van der Waals surface area contributed by atoms with Crippen LogP contribution in [0.4, 0.5) is 0 Å². The Bertz CT molecular complexity index is 348. The van der Waals surface area contributed by atoms with Gasteiger partial charge in [0.2, 0.25) is 0 Å². The highest BCUT2D eigenvalue weighted by atomic mass is 16.6. The highest BCUT2D eigenvalue weighted by Crippen LogP contribution is 2.29. The van der Waals surface area contributed by atoms with Gasteiger partial charge in [-0.2, -0.15) is 0 Å². The van der Waals surface area contributed by atoms with E-state index in [2.05, 4.69) is 4.74 Å². The van der Waals surface area contributed by atoms with Crippen LogP contribution in [-0.2, 0) is 9.53 Å². The van der Waals surface area contributed by atoms with Gasteiger partial charge in [-0.15, -0.1) is 0 Å².